The van der Waals surface area contributed by atoms with Crippen LogP contribution in [0.3, 0.4) is 0 Å². The average molecular weight is 268 g/mol. The number of nitrogen functional groups attached to an aromatic ring is 1. The lowest BCUT2D eigenvalue weighted by molar-refractivity contribution is -0.388. The second-order valence-electron chi connectivity index (χ2n) is 2.34. The molecule has 14 heavy (non-hydrogen) atoms. The maximum absolute atomic E-state index is 12.2. The standard InChI is InChI=1S/C6H4BrF2N3O2/c7-4-2(5(8)9)1-3(10)6(11-4)12(13)14/h1,5H,10H2. The van der Waals surface area contributed by atoms with Gasteiger partial charge in [-0.15, -0.1) is 0 Å². The minimum absolute atomic E-state index is 0.270. The van der Waals surface area contributed by atoms with Crippen LogP contribution in [-0.2, 0) is 0 Å². The van der Waals surface area contributed by atoms with Gasteiger partial charge in [-0.1, -0.05) is 0 Å². The Balaban J connectivity index is 3.31. The van der Waals surface area contributed by atoms with E-state index in [1.165, 1.54) is 0 Å². The second-order valence-corrected chi connectivity index (χ2v) is 3.09. The quantitative estimate of drug-likeness (QED) is 0.506. The minimum Gasteiger partial charge on any atom is -0.392 e. The molecule has 2 N–H and O–H groups in total. The molecule has 76 valence electrons. The summed E-state index contributed by atoms with van der Waals surface area (Å²) in [5.41, 5.74) is 4.32. The van der Waals surface area contributed by atoms with Crippen molar-refractivity contribution in [2.75, 3.05) is 5.73 Å². The Kier molecular flexibility index (Phi) is 2.94. The van der Waals surface area contributed by atoms with Crippen LogP contribution in [0.2, 0.25) is 0 Å². The summed E-state index contributed by atoms with van der Waals surface area (Å²) in [4.78, 5) is 12.8. The van der Waals surface area contributed by atoms with Gasteiger partial charge >= 0.3 is 5.82 Å². The van der Waals surface area contributed by atoms with E-state index in [4.69, 9.17) is 5.73 Å². The smallest absolute Gasteiger partial charge is 0.387 e. The van der Waals surface area contributed by atoms with Crippen LogP contribution in [0.5, 0.6) is 0 Å². The predicted octanol–water partition coefficient (Wildman–Crippen LogP) is 2.27. The Morgan fingerprint density at radius 3 is 2.64 bits per heavy atom. The lowest BCUT2D eigenvalue weighted by atomic mass is 10.2. The predicted molar refractivity (Wildman–Crippen MR) is 48.0 cm³/mol. The van der Waals surface area contributed by atoms with Crippen LogP contribution in [0, 0.1) is 10.1 Å². The SMILES string of the molecule is Nc1cc(C(F)F)c(Br)nc1[N+](=O)[O-]. The van der Waals surface area contributed by atoms with Gasteiger partial charge in [-0.25, -0.2) is 8.78 Å². The summed E-state index contributed by atoms with van der Waals surface area (Å²) in [6.45, 7) is 0. The first-order chi connectivity index (χ1) is 6.43. The molecule has 0 saturated heterocycles. The zero-order chi connectivity index (χ0) is 10.9. The van der Waals surface area contributed by atoms with Crippen LogP contribution >= 0.6 is 15.9 Å². The third-order valence-electron chi connectivity index (χ3n) is 1.42. The normalized spacial score (nSPS) is 10.6. The Hall–Kier alpha value is -1.31. The van der Waals surface area contributed by atoms with Crippen LogP contribution < -0.4 is 5.73 Å². The molecule has 0 unspecified atom stereocenters. The Morgan fingerprint density at radius 2 is 2.21 bits per heavy atom. The maximum Gasteiger partial charge on any atom is 0.387 e. The van der Waals surface area contributed by atoms with Crippen molar-refractivity contribution in [2.24, 2.45) is 0 Å². The number of anilines is 1. The third-order valence-corrected chi connectivity index (χ3v) is 2.05. The summed E-state index contributed by atoms with van der Waals surface area (Å²) >= 11 is 2.70. The van der Waals surface area contributed by atoms with E-state index in [0.29, 0.717) is 0 Å². The van der Waals surface area contributed by atoms with E-state index in [1.807, 2.05) is 0 Å². The number of nitro groups is 1. The van der Waals surface area contributed by atoms with Crippen LogP contribution in [-0.4, -0.2) is 9.91 Å². The van der Waals surface area contributed by atoms with E-state index in [-0.39, 0.29) is 10.3 Å². The number of nitrogens with zero attached hydrogens (tertiary/aromatic N) is 2. The van der Waals surface area contributed by atoms with E-state index >= 15 is 0 Å². The fraction of sp³-hybridized carbons (Fsp3) is 0.167. The van der Waals surface area contributed by atoms with Gasteiger partial charge in [0.25, 0.3) is 6.43 Å². The van der Waals surface area contributed by atoms with Gasteiger partial charge in [-0.05, 0) is 16.0 Å². The number of halogens is 3. The van der Waals surface area contributed by atoms with Gasteiger partial charge in [0.1, 0.15) is 5.69 Å². The molecule has 1 heterocycles. The number of rotatable bonds is 2. The third kappa shape index (κ3) is 1.95. The largest absolute Gasteiger partial charge is 0.392 e. The van der Waals surface area contributed by atoms with E-state index in [1.54, 1.807) is 0 Å². The maximum atomic E-state index is 12.2. The van der Waals surface area contributed by atoms with E-state index in [2.05, 4.69) is 20.9 Å². The monoisotopic (exact) mass is 267 g/mol. The molecule has 0 fully saturated rings. The molecule has 0 aliphatic heterocycles. The Labute approximate surface area is 85.2 Å². The zero-order valence-corrected chi connectivity index (χ0v) is 8.16. The molecule has 0 aliphatic rings. The molecule has 1 aromatic rings. The number of nitrogens with two attached hydrogens (primary N) is 1. The van der Waals surface area contributed by atoms with Crippen LogP contribution in [0.25, 0.3) is 0 Å². The Morgan fingerprint density at radius 1 is 1.64 bits per heavy atom. The van der Waals surface area contributed by atoms with Gasteiger partial charge in [0.05, 0.1) is 5.56 Å². The molecular weight excluding hydrogens is 264 g/mol. The van der Waals surface area contributed by atoms with Gasteiger partial charge < -0.3 is 15.8 Å². The highest BCUT2D eigenvalue weighted by molar-refractivity contribution is 9.10. The second kappa shape index (κ2) is 3.82. The average Bonchev–Trinajstić information content (AvgIpc) is 2.07. The number of alkyl halides is 2. The highest BCUT2D eigenvalue weighted by Gasteiger charge is 2.23. The lowest BCUT2D eigenvalue weighted by Crippen LogP contribution is -2.01. The first kappa shape index (κ1) is 10.8. The summed E-state index contributed by atoms with van der Waals surface area (Å²) in [5.74, 6) is -0.638. The van der Waals surface area contributed by atoms with E-state index in [0.717, 1.165) is 6.07 Å². The number of pyridine rings is 1. The molecule has 0 aromatic carbocycles. The van der Waals surface area contributed by atoms with Crippen molar-refractivity contribution >= 4 is 27.4 Å². The Bertz CT molecular complexity index is 386. The number of hydrogen-bond acceptors (Lipinski definition) is 4. The molecule has 0 atom stereocenters. The van der Waals surface area contributed by atoms with Gasteiger partial charge in [-0.3, -0.25) is 0 Å². The molecule has 0 amide bonds. The molecule has 0 bridgehead atoms. The summed E-state index contributed by atoms with van der Waals surface area (Å²) in [6, 6.07) is 0.833. The van der Waals surface area contributed by atoms with Crippen molar-refractivity contribution in [3.05, 3.63) is 26.3 Å². The van der Waals surface area contributed by atoms with E-state index < -0.39 is 22.7 Å². The van der Waals surface area contributed by atoms with Crippen molar-refractivity contribution in [1.29, 1.82) is 0 Å². The van der Waals surface area contributed by atoms with Crippen LogP contribution in [0.1, 0.15) is 12.0 Å². The van der Waals surface area contributed by atoms with E-state index in [9.17, 15) is 18.9 Å². The number of hydrogen-bond donors (Lipinski definition) is 1. The minimum atomic E-state index is -2.78. The molecule has 5 nitrogen and oxygen atoms in total. The fourth-order valence-corrected chi connectivity index (χ4v) is 1.27. The summed E-state index contributed by atoms with van der Waals surface area (Å²) < 4.78 is 24.2. The van der Waals surface area contributed by atoms with Crippen molar-refractivity contribution in [3.63, 3.8) is 0 Å². The van der Waals surface area contributed by atoms with Gasteiger partial charge in [-0.2, -0.15) is 0 Å². The van der Waals surface area contributed by atoms with Crippen molar-refractivity contribution in [3.8, 4) is 0 Å². The van der Waals surface area contributed by atoms with Crippen LogP contribution in [0.15, 0.2) is 10.7 Å². The van der Waals surface area contributed by atoms with Crippen molar-refractivity contribution < 1.29 is 13.7 Å². The lowest BCUT2D eigenvalue weighted by Gasteiger charge is -2.01. The molecule has 0 aliphatic carbocycles. The highest BCUT2D eigenvalue weighted by Crippen LogP contribution is 2.31. The molecule has 0 spiro atoms. The first-order valence-electron chi connectivity index (χ1n) is 3.32. The van der Waals surface area contributed by atoms with Crippen molar-refractivity contribution in [2.45, 2.75) is 6.43 Å². The fourth-order valence-electron chi connectivity index (χ4n) is 0.813. The molecule has 0 saturated carbocycles. The number of aromatic nitrogens is 1. The summed E-state index contributed by atoms with van der Waals surface area (Å²) in [7, 11) is 0. The van der Waals surface area contributed by atoms with Crippen LogP contribution in [0.4, 0.5) is 20.3 Å². The molecule has 0 radical (unpaired) electrons. The molecular formula is C6H4BrF2N3O2. The van der Waals surface area contributed by atoms with Crippen molar-refractivity contribution in [1.82, 2.24) is 4.98 Å². The zero-order valence-electron chi connectivity index (χ0n) is 6.58. The highest BCUT2D eigenvalue weighted by atomic mass is 79.9. The summed E-state index contributed by atoms with van der Waals surface area (Å²) in [5, 5.41) is 10.3. The molecule has 8 heteroatoms. The molecule has 1 rings (SSSR count). The topological polar surface area (TPSA) is 82.0 Å². The van der Waals surface area contributed by atoms with Gasteiger partial charge in [0.2, 0.25) is 4.60 Å². The van der Waals surface area contributed by atoms with Gasteiger partial charge in [0, 0.05) is 15.9 Å². The summed E-state index contributed by atoms with van der Waals surface area (Å²) in [6.07, 6.45) is -2.78. The molecule has 1 aromatic heterocycles. The first-order valence-corrected chi connectivity index (χ1v) is 4.11. The van der Waals surface area contributed by atoms with Gasteiger partial charge in [0.15, 0.2) is 0 Å².